The van der Waals surface area contributed by atoms with Gasteiger partial charge in [0.15, 0.2) is 11.5 Å². The van der Waals surface area contributed by atoms with Gasteiger partial charge in [-0.1, -0.05) is 44.2 Å². The molecule has 0 aliphatic heterocycles. The summed E-state index contributed by atoms with van der Waals surface area (Å²) in [5.41, 5.74) is 0.827. The molecule has 2 aromatic rings. The van der Waals surface area contributed by atoms with Crippen LogP contribution in [0.5, 0.6) is 11.5 Å². The lowest BCUT2D eigenvalue weighted by Crippen LogP contribution is -2.31. The Morgan fingerprint density at radius 2 is 1.50 bits per heavy atom. The van der Waals surface area contributed by atoms with E-state index in [1.165, 1.54) is 12.1 Å². The van der Waals surface area contributed by atoms with E-state index in [1.54, 1.807) is 56.3 Å². The van der Waals surface area contributed by atoms with Crippen molar-refractivity contribution in [3.05, 3.63) is 53.6 Å². The Labute approximate surface area is 154 Å². The molecule has 0 bridgehead atoms. The molecule has 5 nitrogen and oxygen atoms in total. The van der Waals surface area contributed by atoms with Gasteiger partial charge in [0.05, 0.1) is 10.9 Å². The summed E-state index contributed by atoms with van der Waals surface area (Å²) in [5, 5.41) is 19.1. The van der Waals surface area contributed by atoms with E-state index in [1.807, 2.05) is 13.8 Å². The molecule has 3 N–H and O–H groups in total. The van der Waals surface area contributed by atoms with Gasteiger partial charge in [-0.15, -0.1) is 0 Å². The second-order valence-corrected chi connectivity index (χ2v) is 8.78. The maximum Gasteiger partial charge on any atom is 0.359 e. The normalized spacial score (nSPS) is 14.7. The van der Waals surface area contributed by atoms with Crippen molar-refractivity contribution in [2.24, 2.45) is 5.92 Å². The van der Waals surface area contributed by atoms with E-state index in [0.717, 1.165) is 11.1 Å². The second kappa shape index (κ2) is 7.67. The van der Waals surface area contributed by atoms with Crippen LogP contribution in [0.4, 0.5) is 0 Å². The molecule has 1 atom stereocenters. The summed E-state index contributed by atoms with van der Waals surface area (Å²) in [6.07, 6.45) is 3.57. The van der Waals surface area contributed by atoms with Gasteiger partial charge in [0.2, 0.25) is 0 Å². The van der Waals surface area contributed by atoms with E-state index in [-0.39, 0.29) is 22.7 Å². The average molecular weight is 376 g/mol. The molecule has 0 aliphatic rings. The highest BCUT2D eigenvalue weighted by atomic mass is 31.2. The summed E-state index contributed by atoms with van der Waals surface area (Å²) in [4.78, 5) is 10.3. The van der Waals surface area contributed by atoms with Crippen LogP contribution in [0.15, 0.2) is 42.5 Å². The van der Waals surface area contributed by atoms with Crippen molar-refractivity contribution in [2.75, 3.05) is 0 Å². The molecule has 0 spiro atoms. The largest absolute Gasteiger partial charge is 0.504 e. The number of hydrogen-bond acceptors (Lipinski definition) is 4. The molecule has 2 rings (SSSR count). The average Bonchev–Trinajstić information content (AvgIpc) is 2.55. The van der Waals surface area contributed by atoms with Crippen LogP contribution in [-0.4, -0.2) is 20.7 Å². The van der Waals surface area contributed by atoms with Crippen molar-refractivity contribution < 1.29 is 24.2 Å². The Bertz CT molecular complexity index is 838. The van der Waals surface area contributed by atoms with Gasteiger partial charge in [-0.05, 0) is 55.2 Å². The second-order valence-electron chi connectivity index (χ2n) is 7.04. The van der Waals surface area contributed by atoms with Crippen LogP contribution in [0.2, 0.25) is 0 Å². The number of phenols is 2. The molecular formula is C20H25O5P. The summed E-state index contributed by atoms with van der Waals surface area (Å²) in [6, 6.07) is 11.1. The summed E-state index contributed by atoms with van der Waals surface area (Å²) in [7, 11) is -3.91. The predicted molar refractivity (Wildman–Crippen MR) is 105 cm³/mol. The summed E-state index contributed by atoms with van der Waals surface area (Å²) >= 11 is 0. The molecule has 0 amide bonds. The molecule has 1 unspecified atom stereocenters. The monoisotopic (exact) mass is 376 g/mol. The lowest BCUT2D eigenvalue weighted by molar-refractivity contribution is 0.0511. The molecule has 0 saturated carbocycles. The molecule has 0 saturated heterocycles. The quantitative estimate of drug-likeness (QED) is 0.392. The number of aromatic hydroxyl groups is 2. The van der Waals surface area contributed by atoms with E-state index in [0.29, 0.717) is 0 Å². The molecule has 6 heteroatoms. The first kappa shape index (κ1) is 20.2. The van der Waals surface area contributed by atoms with Gasteiger partial charge in [0, 0.05) is 0 Å². The first-order chi connectivity index (χ1) is 12.0. The Morgan fingerprint density at radius 1 is 0.962 bits per heavy atom. The fourth-order valence-electron chi connectivity index (χ4n) is 2.09. The highest BCUT2D eigenvalue weighted by molar-refractivity contribution is 7.61. The smallest absolute Gasteiger partial charge is 0.359 e. The summed E-state index contributed by atoms with van der Waals surface area (Å²) in [6.45, 7) is 7.47. The van der Waals surface area contributed by atoms with Crippen LogP contribution in [0.1, 0.15) is 38.8 Å². The van der Waals surface area contributed by atoms with Crippen molar-refractivity contribution >= 4 is 25.1 Å². The first-order valence-corrected chi connectivity index (χ1v) is 9.93. The minimum atomic E-state index is -3.91. The lowest BCUT2D eigenvalue weighted by Gasteiger charge is -2.31. The van der Waals surface area contributed by atoms with Crippen LogP contribution in [-0.2, 0) is 9.09 Å². The highest BCUT2D eigenvalue weighted by Crippen LogP contribution is 2.46. The zero-order valence-electron chi connectivity index (χ0n) is 15.4. The Hall–Kier alpha value is -2.07. The number of phenolic OH excluding ortho intramolecular Hbond substituents is 2. The van der Waals surface area contributed by atoms with Crippen molar-refractivity contribution in [1.82, 2.24) is 0 Å². The number of hydrogen-bond donors (Lipinski definition) is 3. The van der Waals surface area contributed by atoms with Crippen LogP contribution in [0.3, 0.4) is 0 Å². The van der Waals surface area contributed by atoms with Crippen LogP contribution in [0, 0.1) is 5.92 Å². The lowest BCUT2D eigenvalue weighted by atomic mass is 9.95. The van der Waals surface area contributed by atoms with Gasteiger partial charge < -0.3 is 15.1 Å². The zero-order chi connectivity index (χ0) is 19.5. The Kier molecular flexibility index (Phi) is 5.97. The van der Waals surface area contributed by atoms with E-state index in [4.69, 9.17) is 4.52 Å². The molecule has 0 radical (unpaired) electrons. The van der Waals surface area contributed by atoms with E-state index >= 15 is 0 Å². The van der Waals surface area contributed by atoms with Gasteiger partial charge in [-0.2, -0.15) is 0 Å². The maximum absolute atomic E-state index is 12.6. The van der Waals surface area contributed by atoms with Gasteiger partial charge >= 0.3 is 7.60 Å². The van der Waals surface area contributed by atoms with Crippen molar-refractivity contribution in [2.45, 2.75) is 33.3 Å². The van der Waals surface area contributed by atoms with Crippen molar-refractivity contribution in [3.8, 4) is 11.5 Å². The van der Waals surface area contributed by atoms with E-state index < -0.39 is 13.2 Å². The van der Waals surface area contributed by atoms with Crippen LogP contribution >= 0.6 is 7.60 Å². The third kappa shape index (κ3) is 4.98. The first-order valence-electron chi connectivity index (χ1n) is 8.35. The molecule has 26 heavy (non-hydrogen) atoms. The van der Waals surface area contributed by atoms with Gasteiger partial charge in [0.1, 0.15) is 0 Å². The minimum Gasteiger partial charge on any atom is -0.504 e. The molecular weight excluding hydrogens is 351 g/mol. The summed E-state index contributed by atoms with van der Waals surface area (Å²) in [5.74, 6) is -0.268. The fourth-order valence-corrected chi connectivity index (χ4v) is 3.57. The van der Waals surface area contributed by atoms with E-state index in [9.17, 15) is 19.7 Å². The minimum absolute atomic E-state index is 0.0897. The van der Waals surface area contributed by atoms with Crippen molar-refractivity contribution in [1.29, 1.82) is 0 Å². The molecule has 140 valence electrons. The van der Waals surface area contributed by atoms with Gasteiger partial charge in [0.25, 0.3) is 0 Å². The van der Waals surface area contributed by atoms with Gasteiger partial charge in [-0.25, -0.2) is 0 Å². The summed E-state index contributed by atoms with van der Waals surface area (Å²) < 4.78 is 18.1. The third-order valence-electron chi connectivity index (χ3n) is 4.44. The third-order valence-corrected chi connectivity index (χ3v) is 6.11. The Morgan fingerprint density at radius 3 is 2.04 bits per heavy atom. The van der Waals surface area contributed by atoms with Gasteiger partial charge in [-0.3, -0.25) is 9.09 Å². The fraction of sp³-hybridized carbons (Fsp3) is 0.300. The zero-order valence-corrected chi connectivity index (χ0v) is 16.3. The molecule has 0 aromatic heterocycles. The molecule has 0 fully saturated rings. The Balaban J connectivity index is 2.15. The number of benzene rings is 2. The standard InChI is InChI=1S/C20H25O5P/c1-14(2)20(3,4)25-26(23,24)17-10-7-15(8-11-17)5-6-16-9-12-18(21)19(22)13-16/h5-14,21-22H,1-4H3,(H,23,24). The van der Waals surface area contributed by atoms with Crippen molar-refractivity contribution in [3.63, 3.8) is 0 Å². The van der Waals surface area contributed by atoms with Crippen LogP contribution < -0.4 is 5.30 Å². The predicted octanol–water partition coefficient (Wildman–Crippen LogP) is 4.53. The highest BCUT2D eigenvalue weighted by Gasteiger charge is 2.34. The SMILES string of the molecule is CC(C)C(C)(C)OP(=O)(O)c1ccc(C=Cc2ccc(O)c(O)c2)cc1. The molecule has 0 aliphatic carbocycles. The molecule has 0 heterocycles. The van der Waals surface area contributed by atoms with E-state index in [2.05, 4.69) is 0 Å². The topological polar surface area (TPSA) is 87.0 Å². The maximum atomic E-state index is 12.6. The van der Waals surface area contributed by atoms with Crippen LogP contribution in [0.25, 0.3) is 12.2 Å². The molecule has 2 aromatic carbocycles. The number of rotatable bonds is 6.